The van der Waals surface area contributed by atoms with Crippen molar-refractivity contribution in [2.24, 2.45) is 5.73 Å². The van der Waals surface area contributed by atoms with Crippen molar-refractivity contribution in [3.63, 3.8) is 0 Å². The van der Waals surface area contributed by atoms with Crippen LogP contribution in [0.3, 0.4) is 0 Å². The second kappa shape index (κ2) is 8.06. The van der Waals surface area contributed by atoms with Gasteiger partial charge >= 0.3 is 17.9 Å². The van der Waals surface area contributed by atoms with Gasteiger partial charge in [0.25, 0.3) is 0 Å². The fourth-order valence-corrected chi connectivity index (χ4v) is 4.23. The highest BCUT2D eigenvalue weighted by atomic mass is 79.9. The number of fused-ring (bicyclic) bond motifs is 2. The maximum absolute atomic E-state index is 13.8. The number of amides is 1. The number of nitrogens with two attached hydrogens (primary N) is 1. The topological polar surface area (TPSA) is 134 Å². The van der Waals surface area contributed by atoms with Gasteiger partial charge in [-0.2, -0.15) is 0 Å². The summed E-state index contributed by atoms with van der Waals surface area (Å²) in [4.78, 5) is 52.9. The van der Waals surface area contributed by atoms with Gasteiger partial charge in [-0.05, 0) is 18.2 Å². The Morgan fingerprint density at radius 1 is 1.10 bits per heavy atom. The molecule has 11 heteroatoms. The molecule has 0 bridgehead atoms. The van der Waals surface area contributed by atoms with Crippen LogP contribution in [0.5, 0.6) is 0 Å². The molecule has 3 rings (SSSR count). The number of ether oxygens (including phenoxy) is 4. The van der Waals surface area contributed by atoms with Crippen LogP contribution < -0.4 is 10.6 Å². The van der Waals surface area contributed by atoms with Crippen molar-refractivity contribution in [1.29, 1.82) is 0 Å². The minimum atomic E-state index is -2.06. The summed E-state index contributed by atoms with van der Waals surface area (Å²) < 4.78 is 20.5. The van der Waals surface area contributed by atoms with E-state index < -0.39 is 47.1 Å². The van der Waals surface area contributed by atoms with Crippen molar-refractivity contribution >= 4 is 45.4 Å². The largest absolute Gasteiger partial charge is 0.469 e. The number of benzene rings is 1. The van der Waals surface area contributed by atoms with Gasteiger partial charge in [-0.3, -0.25) is 9.59 Å². The first kappa shape index (κ1) is 22.3. The lowest BCUT2D eigenvalue weighted by Crippen LogP contribution is -2.50. The summed E-state index contributed by atoms with van der Waals surface area (Å²) in [5.41, 5.74) is 3.94. The van der Waals surface area contributed by atoms with Gasteiger partial charge in [0.2, 0.25) is 11.8 Å². The highest BCUT2D eigenvalue weighted by Crippen LogP contribution is 2.55. The van der Waals surface area contributed by atoms with Gasteiger partial charge in [0.15, 0.2) is 0 Å². The van der Waals surface area contributed by atoms with E-state index in [1.807, 2.05) is 0 Å². The summed E-state index contributed by atoms with van der Waals surface area (Å²) in [5, 5.41) is 0. The zero-order valence-electron chi connectivity index (χ0n) is 17.1. The fourth-order valence-electron chi connectivity index (χ4n) is 3.87. The zero-order valence-corrected chi connectivity index (χ0v) is 18.7. The van der Waals surface area contributed by atoms with E-state index in [1.165, 1.54) is 11.9 Å². The third kappa shape index (κ3) is 3.16. The lowest BCUT2D eigenvalue weighted by Gasteiger charge is -2.36. The van der Waals surface area contributed by atoms with Crippen LogP contribution in [0.1, 0.15) is 12.0 Å². The van der Waals surface area contributed by atoms with E-state index >= 15 is 0 Å². The van der Waals surface area contributed by atoms with E-state index in [1.54, 1.807) is 18.2 Å². The van der Waals surface area contributed by atoms with Gasteiger partial charge in [-0.25, -0.2) is 9.59 Å². The number of hydrogen-bond donors (Lipinski definition) is 1. The van der Waals surface area contributed by atoms with E-state index in [-0.39, 0.29) is 16.9 Å². The van der Waals surface area contributed by atoms with Gasteiger partial charge < -0.3 is 29.6 Å². The number of likely N-dealkylation sites (N-methyl/N-ethyl adjacent to an activating group) is 1. The summed E-state index contributed by atoms with van der Waals surface area (Å²) in [5.74, 6) is -4.14. The highest BCUT2D eigenvalue weighted by Gasteiger charge is 2.63. The maximum atomic E-state index is 13.8. The first-order chi connectivity index (χ1) is 14.6. The molecule has 0 unspecified atom stereocenters. The first-order valence-corrected chi connectivity index (χ1v) is 9.67. The molecular formula is C20H19BrN2O8. The summed E-state index contributed by atoms with van der Waals surface area (Å²) in [6.07, 6.45) is -0.530. The van der Waals surface area contributed by atoms with Crippen LogP contribution in [-0.4, -0.2) is 52.2 Å². The molecule has 0 fully saturated rings. The van der Waals surface area contributed by atoms with E-state index in [0.717, 1.165) is 21.3 Å². The Kier molecular flexibility index (Phi) is 5.81. The average Bonchev–Trinajstić information content (AvgIpc) is 2.95. The third-order valence-corrected chi connectivity index (χ3v) is 5.66. The van der Waals surface area contributed by atoms with Crippen molar-refractivity contribution in [3.05, 3.63) is 51.0 Å². The molecule has 164 valence electrons. The van der Waals surface area contributed by atoms with Gasteiger partial charge in [0.05, 0.1) is 21.3 Å². The average molecular weight is 495 g/mol. The molecule has 2 aliphatic rings. The summed E-state index contributed by atoms with van der Waals surface area (Å²) in [7, 11) is 4.84. The van der Waals surface area contributed by atoms with Crippen molar-refractivity contribution in [2.75, 3.05) is 33.3 Å². The molecule has 1 spiro atoms. The molecule has 0 aliphatic carbocycles. The number of esters is 3. The number of methoxy groups -OCH3 is 3. The molecule has 1 aromatic rings. The smallest absolute Gasteiger partial charge is 0.340 e. The normalized spacial score (nSPS) is 19.9. The number of carbonyl (C=O) groups is 4. The van der Waals surface area contributed by atoms with Gasteiger partial charge in [0, 0.05) is 22.8 Å². The fraction of sp³-hybridized carbons (Fsp3) is 0.300. The monoisotopic (exact) mass is 494 g/mol. The van der Waals surface area contributed by atoms with E-state index in [0.29, 0.717) is 10.2 Å². The second-order valence-corrected chi connectivity index (χ2v) is 7.57. The van der Waals surface area contributed by atoms with Crippen LogP contribution in [0.25, 0.3) is 0 Å². The molecule has 31 heavy (non-hydrogen) atoms. The number of halogens is 1. The third-order valence-electron chi connectivity index (χ3n) is 5.17. The minimum Gasteiger partial charge on any atom is -0.469 e. The van der Waals surface area contributed by atoms with Crippen molar-refractivity contribution in [1.82, 2.24) is 0 Å². The molecule has 0 radical (unpaired) electrons. The molecule has 1 aromatic carbocycles. The predicted octanol–water partition coefficient (Wildman–Crippen LogP) is 1.03. The van der Waals surface area contributed by atoms with Crippen molar-refractivity contribution in [3.8, 4) is 0 Å². The Morgan fingerprint density at radius 3 is 2.29 bits per heavy atom. The summed E-state index contributed by atoms with van der Waals surface area (Å²) >= 11 is 3.35. The van der Waals surface area contributed by atoms with Crippen LogP contribution in [0, 0.1) is 0 Å². The minimum absolute atomic E-state index is 0.265. The van der Waals surface area contributed by atoms with Crippen LogP contribution in [0.15, 0.2) is 45.5 Å². The Labute approximate surface area is 185 Å². The number of hydrogen-bond acceptors (Lipinski definition) is 9. The molecule has 0 saturated carbocycles. The van der Waals surface area contributed by atoms with Crippen LogP contribution in [-0.2, 0) is 43.5 Å². The Balaban J connectivity index is 2.50. The first-order valence-electron chi connectivity index (χ1n) is 8.88. The van der Waals surface area contributed by atoms with Crippen molar-refractivity contribution < 1.29 is 38.1 Å². The Hall–Kier alpha value is -3.34. The highest BCUT2D eigenvalue weighted by molar-refractivity contribution is 9.10. The molecule has 1 amide bonds. The standard InChI is InChI=1S/C20H19BrN2O8/c1-23-11-6-5-9(21)7-10(11)20(19(23)27)14(17(25)29-3)12(8-13(24)28-2)31-16(22)15(20)18(26)30-4/h5-7H,8,22H2,1-4H3/t20-/m1/s1. The summed E-state index contributed by atoms with van der Waals surface area (Å²) in [6.45, 7) is 0. The van der Waals surface area contributed by atoms with Crippen molar-refractivity contribution in [2.45, 2.75) is 11.8 Å². The zero-order chi connectivity index (χ0) is 23.1. The number of nitrogens with zero attached hydrogens (tertiary/aromatic N) is 1. The molecule has 0 aromatic heterocycles. The maximum Gasteiger partial charge on any atom is 0.340 e. The van der Waals surface area contributed by atoms with Crippen LogP contribution in [0.2, 0.25) is 0 Å². The number of anilines is 1. The Morgan fingerprint density at radius 2 is 1.71 bits per heavy atom. The van der Waals surface area contributed by atoms with Gasteiger partial charge in [-0.15, -0.1) is 0 Å². The van der Waals surface area contributed by atoms with E-state index in [2.05, 4.69) is 20.7 Å². The van der Waals surface area contributed by atoms with Crippen LogP contribution >= 0.6 is 15.9 Å². The summed E-state index contributed by atoms with van der Waals surface area (Å²) in [6, 6.07) is 4.92. The predicted molar refractivity (Wildman–Crippen MR) is 109 cm³/mol. The van der Waals surface area contributed by atoms with Gasteiger partial charge in [0.1, 0.15) is 28.7 Å². The lowest BCUT2D eigenvalue weighted by molar-refractivity contribution is -0.141. The molecule has 10 nitrogen and oxygen atoms in total. The quantitative estimate of drug-likeness (QED) is 0.480. The number of rotatable bonds is 4. The van der Waals surface area contributed by atoms with E-state index in [9.17, 15) is 19.2 Å². The van der Waals surface area contributed by atoms with Crippen LogP contribution in [0.4, 0.5) is 5.69 Å². The van der Waals surface area contributed by atoms with Gasteiger partial charge in [-0.1, -0.05) is 15.9 Å². The Bertz CT molecular complexity index is 1080. The lowest BCUT2D eigenvalue weighted by atomic mass is 9.67. The number of carbonyl (C=O) groups excluding carboxylic acids is 4. The molecule has 2 heterocycles. The second-order valence-electron chi connectivity index (χ2n) is 6.65. The molecular weight excluding hydrogens is 476 g/mol. The SMILES string of the molecule is COC(=O)CC1=C(C(=O)OC)[C@@]2(C(=O)N(C)c3ccc(Br)cc32)C(C(=O)OC)=C(N)O1. The molecule has 0 saturated heterocycles. The molecule has 2 N–H and O–H groups in total. The molecule has 1 atom stereocenters. The molecule has 2 aliphatic heterocycles. The van der Waals surface area contributed by atoms with E-state index in [4.69, 9.17) is 19.9 Å².